The van der Waals surface area contributed by atoms with Crippen LogP contribution in [0.5, 0.6) is 5.75 Å². The Hall–Kier alpha value is -1.74. The minimum Gasteiger partial charge on any atom is -0.490 e. The highest BCUT2D eigenvalue weighted by Crippen LogP contribution is 2.48. The van der Waals surface area contributed by atoms with E-state index in [9.17, 15) is 9.90 Å². The van der Waals surface area contributed by atoms with Crippen LogP contribution in [0.15, 0.2) is 12.3 Å². The molecule has 2 aromatic heterocycles. The van der Waals surface area contributed by atoms with E-state index in [4.69, 9.17) is 15.2 Å². The summed E-state index contributed by atoms with van der Waals surface area (Å²) < 4.78 is 12.2. The van der Waals surface area contributed by atoms with Crippen molar-refractivity contribution < 1.29 is 19.4 Å². The van der Waals surface area contributed by atoms with E-state index in [0.717, 1.165) is 80.8 Å². The Morgan fingerprint density at radius 2 is 2.12 bits per heavy atom. The number of carbonyl (C=O) groups excluding carboxylic acids is 1. The van der Waals surface area contributed by atoms with Crippen LogP contribution in [0, 0.1) is 0 Å². The Kier molecular flexibility index (Phi) is 6.62. The number of fused-ring (bicyclic) bond motifs is 3. The monoisotopic (exact) mass is 473 g/mol. The summed E-state index contributed by atoms with van der Waals surface area (Å²) in [5.74, 6) is 0.362. The topological polar surface area (TPSA) is 97.9 Å². The Bertz CT molecular complexity index is 995. The number of aryl methyl sites for hydroxylation is 1. The summed E-state index contributed by atoms with van der Waals surface area (Å²) in [5.41, 5.74) is 6.82. The van der Waals surface area contributed by atoms with E-state index < -0.39 is 12.0 Å². The van der Waals surface area contributed by atoms with Crippen molar-refractivity contribution in [2.24, 2.45) is 5.73 Å². The Morgan fingerprint density at radius 1 is 1.36 bits per heavy atom. The molecule has 5 rings (SSSR count). The number of primary amides is 1. The zero-order valence-electron chi connectivity index (χ0n) is 19.4. The lowest BCUT2D eigenvalue weighted by Gasteiger charge is -2.49. The number of nitrogens with two attached hydrogens (primary N) is 1. The molecular formula is C25H35N3O4S. The number of carbonyl (C=O) groups is 1. The van der Waals surface area contributed by atoms with Gasteiger partial charge in [-0.3, -0.25) is 9.69 Å². The molecule has 1 saturated heterocycles. The molecule has 3 aliphatic rings. The number of ether oxygens (including phenoxy) is 2. The van der Waals surface area contributed by atoms with Gasteiger partial charge < -0.3 is 20.3 Å². The molecule has 2 atom stereocenters. The summed E-state index contributed by atoms with van der Waals surface area (Å²) in [6.45, 7) is 6.06. The van der Waals surface area contributed by atoms with E-state index >= 15 is 0 Å². The highest BCUT2D eigenvalue weighted by Gasteiger charge is 2.40. The number of amides is 1. The predicted molar refractivity (Wildman–Crippen MR) is 129 cm³/mol. The van der Waals surface area contributed by atoms with Crippen LogP contribution in [0.3, 0.4) is 0 Å². The second-order valence-electron chi connectivity index (χ2n) is 9.81. The molecule has 2 fully saturated rings. The van der Waals surface area contributed by atoms with Crippen molar-refractivity contribution in [3.8, 4) is 5.75 Å². The number of aromatic nitrogens is 1. The van der Waals surface area contributed by atoms with Gasteiger partial charge in [0, 0.05) is 29.7 Å². The van der Waals surface area contributed by atoms with Crippen molar-refractivity contribution in [1.29, 1.82) is 0 Å². The minimum atomic E-state index is -1.11. The first-order valence-corrected chi connectivity index (χ1v) is 13.2. The van der Waals surface area contributed by atoms with Gasteiger partial charge in [-0.1, -0.05) is 6.92 Å². The maximum absolute atomic E-state index is 11.4. The summed E-state index contributed by atoms with van der Waals surface area (Å²) in [4.78, 5) is 21.0. The van der Waals surface area contributed by atoms with Gasteiger partial charge in [-0.2, -0.15) is 0 Å². The maximum Gasteiger partial charge on any atom is 0.246 e. The SMILES string of the molecule is CCC1(N2CCOCC2)CCC(Oc2ccnc3sc4c(c23)[C@@H](C[C@H](O)C(N)=O)CC4)CC1. The van der Waals surface area contributed by atoms with Crippen LogP contribution in [0.25, 0.3) is 10.2 Å². The van der Waals surface area contributed by atoms with Gasteiger partial charge in [0.15, 0.2) is 0 Å². The van der Waals surface area contributed by atoms with Gasteiger partial charge in [-0.15, -0.1) is 11.3 Å². The van der Waals surface area contributed by atoms with Gasteiger partial charge in [0.05, 0.1) is 24.7 Å². The molecule has 2 aromatic rings. The molecule has 3 N–H and O–H groups in total. The predicted octanol–water partition coefficient (Wildman–Crippen LogP) is 3.36. The fraction of sp³-hybridized carbons (Fsp3) is 0.680. The van der Waals surface area contributed by atoms with Crippen LogP contribution in [0.4, 0.5) is 0 Å². The van der Waals surface area contributed by atoms with Gasteiger partial charge in [0.2, 0.25) is 5.91 Å². The molecule has 3 heterocycles. The maximum atomic E-state index is 11.4. The van der Waals surface area contributed by atoms with Crippen LogP contribution >= 0.6 is 11.3 Å². The largest absolute Gasteiger partial charge is 0.490 e. The van der Waals surface area contributed by atoms with E-state index in [1.165, 1.54) is 16.9 Å². The van der Waals surface area contributed by atoms with Crippen LogP contribution in [0.1, 0.15) is 68.2 Å². The van der Waals surface area contributed by atoms with Crippen LogP contribution in [-0.4, -0.2) is 64.9 Å². The fourth-order valence-electron chi connectivity index (χ4n) is 6.21. The highest BCUT2D eigenvalue weighted by molar-refractivity contribution is 7.19. The van der Waals surface area contributed by atoms with Crippen molar-refractivity contribution in [3.05, 3.63) is 22.7 Å². The van der Waals surface area contributed by atoms with Crippen molar-refractivity contribution in [2.75, 3.05) is 26.3 Å². The average molecular weight is 474 g/mol. The number of thiophene rings is 1. The molecule has 0 spiro atoms. The van der Waals surface area contributed by atoms with Gasteiger partial charge >= 0.3 is 0 Å². The molecule has 7 nitrogen and oxygen atoms in total. The van der Waals surface area contributed by atoms with Crippen molar-refractivity contribution in [1.82, 2.24) is 9.88 Å². The van der Waals surface area contributed by atoms with E-state index in [-0.39, 0.29) is 17.6 Å². The van der Waals surface area contributed by atoms with Crippen LogP contribution in [0.2, 0.25) is 0 Å². The number of hydrogen-bond donors (Lipinski definition) is 2. The number of aliphatic hydroxyl groups is 1. The normalized spacial score (nSPS) is 29.2. The molecule has 0 unspecified atom stereocenters. The van der Waals surface area contributed by atoms with Gasteiger partial charge in [0.1, 0.15) is 16.7 Å². The van der Waals surface area contributed by atoms with Crippen molar-refractivity contribution >= 4 is 27.5 Å². The van der Waals surface area contributed by atoms with Gasteiger partial charge in [-0.25, -0.2) is 4.98 Å². The van der Waals surface area contributed by atoms with Crippen LogP contribution < -0.4 is 10.5 Å². The Balaban J connectivity index is 1.34. The quantitative estimate of drug-likeness (QED) is 0.640. The third-order valence-corrected chi connectivity index (χ3v) is 9.30. The average Bonchev–Trinajstić information content (AvgIpc) is 3.40. The second-order valence-corrected chi connectivity index (χ2v) is 10.9. The van der Waals surface area contributed by atoms with Crippen LogP contribution in [-0.2, 0) is 16.0 Å². The first kappa shape index (κ1) is 23.0. The molecule has 0 bridgehead atoms. The Morgan fingerprint density at radius 3 is 2.82 bits per heavy atom. The fourth-order valence-corrected chi connectivity index (χ4v) is 7.46. The molecule has 0 aromatic carbocycles. The Labute approximate surface area is 199 Å². The summed E-state index contributed by atoms with van der Waals surface area (Å²) >= 11 is 1.72. The molecule has 8 heteroatoms. The molecule has 1 aliphatic heterocycles. The number of morpholine rings is 1. The van der Waals surface area contributed by atoms with E-state index in [0.29, 0.717) is 6.42 Å². The summed E-state index contributed by atoms with van der Waals surface area (Å²) in [6, 6.07) is 1.98. The highest BCUT2D eigenvalue weighted by atomic mass is 32.1. The number of hydrogen-bond acceptors (Lipinski definition) is 7. The third-order valence-electron chi connectivity index (χ3n) is 8.13. The van der Waals surface area contributed by atoms with E-state index in [1.807, 2.05) is 12.3 Å². The van der Waals surface area contributed by atoms with Gasteiger partial charge in [-0.05, 0) is 68.9 Å². The van der Waals surface area contributed by atoms with Gasteiger partial charge in [0.25, 0.3) is 0 Å². The molecule has 2 aliphatic carbocycles. The molecule has 180 valence electrons. The lowest BCUT2D eigenvalue weighted by molar-refractivity contribution is -0.126. The number of rotatable bonds is 7. The van der Waals surface area contributed by atoms with E-state index in [1.54, 1.807) is 11.3 Å². The first-order chi connectivity index (χ1) is 16.0. The standard InChI is InChI=1S/C25H35N3O4S/c1-2-25(28-11-13-31-14-12-28)8-5-17(6-9-25)32-19-7-10-27-24-22(19)21-16(3-4-20(21)33-24)15-18(29)23(26)30/h7,10,16-18,29H,2-6,8-9,11-15H2,1H3,(H2,26,30)/t16-,17?,18+,25?/m1/s1. The molecular weight excluding hydrogens is 438 g/mol. The summed E-state index contributed by atoms with van der Waals surface area (Å²) in [7, 11) is 0. The molecule has 0 radical (unpaired) electrons. The van der Waals surface area contributed by atoms with Crippen molar-refractivity contribution in [2.45, 2.75) is 82.0 Å². The molecule has 1 amide bonds. The first-order valence-electron chi connectivity index (χ1n) is 12.4. The summed E-state index contributed by atoms with van der Waals surface area (Å²) in [6.07, 6.45) is 8.73. The van der Waals surface area contributed by atoms with E-state index in [2.05, 4.69) is 16.8 Å². The minimum absolute atomic E-state index is 0.114. The number of pyridine rings is 1. The smallest absolute Gasteiger partial charge is 0.246 e. The number of nitrogens with zero attached hydrogens (tertiary/aromatic N) is 2. The lowest BCUT2D eigenvalue weighted by Crippen LogP contribution is -2.55. The number of aliphatic hydroxyl groups excluding tert-OH is 1. The second kappa shape index (κ2) is 9.49. The van der Waals surface area contributed by atoms with Crippen molar-refractivity contribution in [3.63, 3.8) is 0 Å². The summed E-state index contributed by atoms with van der Waals surface area (Å²) in [5, 5.41) is 11.2. The lowest BCUT2D eigenvalue weighted by atomic mass is 9.77. The zero-order chi connectivity index (χ0) is 23.0. The molecule has 33 heavy (non-hydrogen) atoms. The molecule has 1 saturated carbocycles. The zero-order valence-corrected chi connectivity index (χ0v) is 20.2. The third kappa shape index (κ3) is 4.38.